The third-order valence-corrected chi connectivity index (χ3v) is 5.62. The van der Waals surface area contributed by atoms with Gasteiger partial charge in [-0.15, -0.1) is 0 Å². The van der Waals surface area contributed by atoms with E-state index in [9.17, 15) is 4.79 Å². The molecule has 6 nitrogen and oxygen atoms in total. The van der Waals surface area contributed by atoms with Gasteiger partial charge in [0.15, 0.2) is 5.78 Å². The van der Waals surface area contributed by atoms with Gasteiger partial charge in [-0.3, -0.25) is 9.78 Å². The van der Waals surface area contributed by atoms with Gasteiger partial charge in [-0.1, -0.05) is 29.8 Å². The average molecular weight is 428 g/mol. The fraction of sp³-hybridized carbons (Fsp3) is 0.125. The number of hydrogen-bond acceptors (Lipinski definition) is 6. The molecule has 4 aromatic rings. The van der Waals surface area contributed by atoms with Crippen LogP contribution in [0.4, 0.5) is 5.82 Å². The highest BCUT2D eigenvalue weighted by molar-refractivity contribution is 6.35. The third-order valence-electron chi connectivity index (χ3n) is 5.29. The van der Waals surface area contributed by atoms with Gasteiger partial charge in [0.1, 0.15) is 12.1 Å². The highest BCUT2D eigenvalue weighted by Crippen LogP contribution is 2.34. The van der Waals surface area contributed by atoms with Crippen LogP contribution in [0, 0.1) is 0 Å². The van der Waals surface area contributed by atoms with Crippen LogP contribution < -0.4 is 5.32 Å². The van der Waals surface area contributed by atoms with Gasteiger partial charge in [0, 0.05) is 28.6 Å². The quantitative estimate of drug-likeness (QED) is 0.481. The lowest BCUT2D eigenvalue weighted by Gasteiger charge is -2.21. The molecule has 1 aliphatic rings. The lowest BCUT2D eigenvalue weighted by atomic mass is 9.99. The van der Waals surface area contributed by atoms with Crippen molar-refractivity contribution < 1.29 is 4.79 Å². The van der Waals surface area contributed by atoms with Crippen LogP contribution >= 0.6 is 11.6 Å². The molecule has 0 spiro atoms. The second kappa shape index (κ2) is 7.89. The van der Waals surface area contributed by atoms with E-state index in [0.29, 0.717) is 22.8 Å². The largest absolute Gasteiger partial charge is 0.361 e. The molecule has 0 aliphatic heterocycles. The minimum absolute atomic E-state index is 0.0975. The minimum atomic E-state index is -0.252. The summed E-state index contributed by atoms with van der Waals surface area (Å²) in [6, 6.07) is 13.2. The number of halogens is 1. The molecule has 0 saturated heterocycles. The number of benzene rings is 1. The molecule has 31 heavy (non-hydrogen) atoms. The Morgan fingerprint density at radius 2 is 2.00 bits per heavy atom. The number of carbonyl (C=O) groups excluding carboxylic acids is 1. The van der Waals surface area contributed by atoms with Gasteiger partial charge < -0.3 is 5.32 Å². The molecule has 0 bridgehead atoms. The van der Waals surface area contributed by atoms with Crippen LogP contribution in [0.15, 0.2) is 67.1 Å². The third kappa shape index (κ3) is 3.55. The molecule has 0 amide bonds. The fourth-order valence-corrected chi connectivity index (χ4v) is 4.04. The molecule has 1 aliphatic carbocycles. The molecule has 0 saturated carbocycles. The number of pyridine rings is 2. The number of aromatic nitrogens is 4. The number of hydrogen-bond donors (Lipinski definition) is 1. The van der Waals surface area contributed by atoms with Gasteiger partial charge in [0.2, 0.25) is 0 Å². The maximum absolute atomic E-state index is 12.5. The number of allylic oxidation sites excluding steroid dienone is 2. The molecule has 1 aromatic carbocycles. The van der Waals surface area contributed by atoms with Crippen LogP contribution in [0.2, 0.25) is 5.02 Å². The number of fused-ring (bicyclic) bond motifs is 2. The van der Waals surface area contributed by atoms with Crippen molar-refractivity contribution >= 4 is 34.1 Å². The van der Waals surface area contributed by atoms with Gasteiger partial charge >= 0.3 is 0 Å². The van der Waals surface area contributed by atoms with Gasteiger partial charge in [-0.25, -0.2) is 15.0 Å². The van der Waals surface area contributed by atoms with Crippen LogP contribution in [0.1, 0.15) is 34.7 Å². The standard InChI is InChI=1S/C24H18ClN5O/c1-14(29-24-22-20(27-13-28-24)9-5-10-21(22)31)23-16(18-7-2-3-11-26-18)12-15-17(25)6-4-8-19(15)30-23/h2-8,10-14H,9H2,1H3,(H,27,28,29). The van der Waals surface area contributed by atoms with E-state index in [1.165, 1.54) is 6.33 Å². The maximum Gasteiger partial charge on any atom is 0.191 e. The Bertz CT molecular complexity index is 1340. The predicted molar refractivity (Wildman–Crippen MR) is 121 cm³/mol. The topological polar surface area (TPSA) is 80.7 Å². The zero-order valence-corrected chi connectivity index (χ0v) is 17.5. The maximum atomic E-state index is 12.5. The number of carbonyl (C=O) groups is 1. The van der Waals surface area contributed by atoms with Crippen molar-refractivity contribution in [2.45, 2.75) is 19.4 Å². The molecule has 0 radical (unpaired) electrons. The lowest BCUT2D eigenvalue weighted by molar-refractivity contribution is 0.104. The normalized spacial score (nSPS) is 13.8. The Hall–Kier alpha value is -3.64. The summed E-state index contributed by atoms with van der Waals surface area (Å²) in [6.45, 7) is 1.99. The van der Waals surface area contributed by atoms with E-state index in [2.05, 4.69) is 20.3 Å². The van der Waals surface area contributed by atoms with E-state index in [1.54, 1.807) is 12.3 Å². The van der Waals surface area contributed by atoms with Crippen molar-refractivity contribution in [2.24, 2.45) is 0 Å². The van der Waals surface area contributed by atoms with Crippen LogP contribution in [0.5, 0.6) is 0 Å². The first-order valence-electron chi connectivity index (χ1n) is 9.93. The molecule has 3 aromatic heterocycles. The van der Waals surface area contributed by atoms with Gasteiger partial charge in [0.25, 0.3) is 0 Å². The summed E-state index contributed by atoms with van der Waals surface area (Å²) < 4.78 is 0. The van der Waals surface area contributed by atoms with E-state index in [-0.39, 0.29) is 11.8 Å². The SMILES string of the molecule is CC(Nc1ncnc2c1C(=O)C=CC2)c1nc2cccc(Cl)c2cc1-c1ccccn1. The zero-order chi connectivity index (χ0) is 21.4. The van der Waals surface area contributed by atoms with E-state index in [1.807, 2.05) is 55.5 Å². The molecular weight excluding hydrogens is 410 g/mol. The van der Waals surface area contributed by atoms with Gasteiger partial charge in [-0.2, -0.15) is 0 Å². The summed E-state index contributed by atoms with van der Waals surface area (Å²) in [5.74, 6) is 0.409. The van der Waals surface area contributed by atoms with Gasteiger partial charge in [-0.05, 0) is 43.3 Å². The van der Waals surface area contributed by atoms with E-state index < -0.39 is 0 Å². The number of ketones is 1. The van der Waals surface area contributed by atoms with Crippen molar-refractivity contribution in [2.75, 3.05) is 5.32 Å². The van der Waals surface area contributed by atoms with Crippen LogP contribution in [0.25, 0.3) is 22.2 Å². The van der Waals surface area contributed by atoms with Gasteiger partial charge in [0.05, 0.1) is 34.2 Å². The summed E-state index contributed by atoms with van der Waals surface area (Å²) >= 11 is 6.44. The summed E-state index contributed by atoms with van der Waals surface area (Å²) in [5.41, 5.74) is 4.49. The molecule has 152 valence electrons. The summed E-state index contributed by atoms with van der Waals surface area (Å²) in [6.07, 6.45) is 7.22. The van der Waals surface area contributed by atoms with E-state index >= 15 is 0 Å². The average Bonchev–Trinajstić information content (AvgIpc) is 2.79. The highest BCUT2D eigenvalue weighted by atomic mass is 35.5. The second-order valence-corrected chi connectivity index (χ2v) is 7.73. The fourth-order valence-electron chi connectivity index (χ4n) is 3.81. The molecule has 5 rings (SSSR count). The summed E-state index contributed by atoms with van der Waals surface area (Å²) in [7, 11) is 0. The molecular formula is C24H18ClN5O. The molecule has 1 unspecified atom stereocenters. The molecule has 3 heterocycles. The Balaban J connectivity index is 1.63. The first kappa shape index (κ1) is 19.3. The van der Waals surface area contributed by atoms with Crippen LogP contribution in [-0.4, -0.2) is 25.7 Å². The second-order valence-electron chi connectivity index (χ2n) is 7.32. The van der Waals surface area contributed by atoms with E-state index in [4.69, 9.17) is 16.6 Å². The van der Waals surface area contributed by atoms with Crippen molar-refractivity contribution in [3.8, 4) is 11.3 Å². The number of nitrogens with zero attached hydrogens (tertiary/aromatic N) is 4. The molecule has 7 heteroatoms. The first-order valence-corrected chi connectivity index (χ1v) is 10.3. The van der Waals surface area contributed by atoms with Crippen molar-refractivity contribution in [1.29, 1.82) is 0 Å². The Labute approximate surface area is 184 Å². The summed E-state index contributed by atoms with van der Waals surface area (Å²) in [5, 5.41) is 4.87. The Kier molecular flexibility index (Phi) is 4.92. The zero-order valence-electron chi connectivity index (χ0n) is 16.7. The molecule has 0 fully saturated rings. The molecule has 1 N–H and O–H groups in total. The van der Waals surface area contributed by atoms with Crippen molar-refractivity contribution in [3.63, 3.8) is 0 Å². The van der Waals surface area contributed by atoms with Crippen LogP contribution in [-0.2, 0) is 6.42 Å². The van der Waals surface area contributed by atoms with Crippen molar-refractivity contribution in [1.82, 2.24) is 19.9 Å². The van der Waals surface area contributed by atoms with Crippen LogP contribution in [0.3, 0.4) is 0 Å². The first-order chi connectivity index (χ1) is 15.1. The smallest absolute Gasteiger partial charge is 0.191 e. The van der Waals surface area contributed by atoms with E-state index in [0.717, 1.165) is 33.5 Å². The minimum Gasteiger partial charge on any atom is -0.361 e. The predicted octanol–water partition coefficient (Wildman–Crippen LogP) is 5.21. The monoisotopic (exact) mass is 427 g/mol. The highest BCUT2D eigenvalue weighted by Gasteiger charge is 2.23. The lowest BCUT2D eigenvalue weighted by Crippen LogP contribution is -2.17. The Morgan fingerprint density at radius 3 is 2.84 bits per heavy atom. The Morgan fingerprint density at radius 1 is 1.10 bits per heavy atom. The molecule has 1 atom stereocenters. The summed E-state index contributed by atoms with van der Waals surface area (Å²) in [4.78, 5) is 30.5. The van der Waals surface area contributed by atoms with Crippen molar-refractivity contribution in [3.05, 3.63) is 89.1 Å². The number of rotatable bonds is 4. The number of nitrogens with one attached hydrogen (secondary N) is 1. The number of anilines is 1.